The second-order valence-electron chi connectivity index (χ2n) is 6.05. The number of carbonyl (C=O) groups excluding carboxylic acids is 2. The van der Waals surface area contributed by atoms with Crippen LogP contribution >= 0.6 is 0 Å². The molecule has 29 heavy (non-hydrogen) atoms. The van der Waals surface area contributed by atoms with E-state index < -0.39 is 5.97 Å². The van der Waals surface area contributed by atoms with Crippen molar-refractivity contribution in [2.45, 2.75) is 0 Å². The molecule has 0 saturated heterocycles. The summed E-state index contributed by atoms with van der Waals surface area (Å²) >= 11 is 0. The van der Waals surface area contributed by atoms with E-state index in [1.165, 1.54) is 19.3 Å². The summed E-state index contributed by atoms with van der Waals surface area (Å²) in [4.78, 5) is 25.2. The summed E-state index contributed by atoms with van der Waals surface area (Å²) < 4.78 is 15.9. The molecule has 5 nitrogen and oxygen atoms in total. The van der Waals surface area contributed by atoms with E-state index in [-0.39, 0.29) is 17.1 Å². The Kier molecular flexibility index (Phi) is 6.43. The summed E-state index contributed by atoms with van der Waals surface area (Å²) in [5, 5.41) is 0. The molecule has 0 heterocycles. The highest BCUT2D eigenvalue weighted by atomic mass is 16.5. The molecular formula is C24H20O5. The van der Waals surface area contributed by atoms with Crippen molar-refractivity contribution in [1.29, 1.82) is 0 Å². The smallest absolute Gasteiger partial charge is 0.336 e. The van der Waals surface area contributed by atoms with Crippen LogP contribution in [0.2, 0.25) is 0 Å². The lowest BCUT2D eigenvalue weighted by atomic mass is 10.0. The Hall–Kier alpha value is -3.86. The van der Waals surface area contributed by atoms with Crippen molar-refractivity contribution in [3.8, 4) is 17.2 Å². The first-order valence-corrected chi connectivity index (χ1v) is 8.93. The minimum Gasteiger partial charge on any atom is -0.497 e. The zero-order chi connectivity index (χ0) is 20.6. The molecule has 0 aliphatic rings. The summed E-state index contributed by atoms with van der Waals surface area (Å²) in [6.07, 6.45) is 2.88. The Balaban J connectivity index is 1.86. The molecule has 3 rings (SSSR count). The first-order valence-electron chi connectivity index (χ1n) is 8.93. The van der Waals surface area contributed by atoms with Crippen LogP contribution in [0.4, 0.5) is 0 Å². The van der Waals surface area contributed by atoms with Gasteiger partial charge in [-0.05, 0) is 24.3 Å². The molecule has 0 unspecified atom stereocenters. The van der Waals surface area contributed by atoms with Gasteiger partial charge in [-0.3, -0.25) is 4.79 Å². The van der Waals surface area contributed by atoms with E-state index in [0.717, 1.165) is 5.56 Å². The van der Waals surface area contributed by atoms with Gasteiger partial charge in [0, 0.05) is 23.3 Å². The number of para-hydroxylation sites is 1. The first kappa shape index (κ1) is 19.9. The molecule has 0 saturated carbocycles. The number of ketones is 1. The van der Waals surface area contributed by atoms with Crippen molar-refractivity contribution in [2.24, 2.45) is 0 Å². The number of ether oxygens (including phenoxy) is 3. The highest BCUT2D eigenvalue weighted by Crippen LogP contribution is 2.27. The minimum absolute atomic E-state index is 0.132. The van der Waals surface area contributed by atoms with E-state index >= 15 is 0 Å². The van der Waals surface area contributed by atoms with Crippen LogP contribution in [0.1, 0.15) is 21.5 Å². The molecule has 0 radical (unpaired) electrons. The van der Waals surface area contributed by atoms with E-state index in [9.17, 15) is 9.59 Å². The van der Waals surface area contributed by atoms with Gasteiger partial charge >= 0.3 is 5.97 Å². The quantitative estimate of drug-likeness (QED) is 0.257. The molecule has 0 aliphatic carbocycles. The summed E-state index contributed by atoms with van der Waals surface area (Å²) in [6.45, 7) is 0. The molecular weight excluding hydrogens is 368 g/mol. The van der Waals surface area contributed by atoms with Crippen molar-refractivity contribution in [3.63, 3.8) is 0 Å². The second-order valence-corrected chi connectivity index (χ2v) is 6.05. The maximum absolute atomic E-state index is 12.8. The fourth-order valence-electron chi connectivity index (χ4n) is 2.75. The number of benzene rings is 3. The molecule has 0 amide bonds. The summed E-state index contributed by atoms with van der Waals surface area (Å²) in [5.74, 6) is 0.382. The average Bonchev–Trinajstić information content (AvgIpc) is 2.78. The third kappa shape index (κ3) is 4.90. The molecule has 0 spiro atoms. The van der Waals surface area contributed by atoms with E-state index in [0.29, 0.717) is 17.1 Å². The van der Waals surface area contributed by atoms with Crippen LogP contribution in [0.5, 0.6) is 17.2 Å². The lowest BCUT2D eigenvalue weighted by molar-refractivity contribution is -0.128. The number of methoxy groups -OCH3 is 2. The minimum atomic E-state index is -0.619. The maximum Gasteiger partial charge on any atom is 0.336 e. The molecule has 146 valence electrons. The zero-order valence-electron chi connectivity index (χ0n) is 16.1. The maximum atomic E-state index is 12.8. The molecule has 0 aromatic heterocycles. The molecule has 3 aromatic rings. The van der Waals surface area contributed by atoms with E-state index in [2.05, 4.69) is 0 Å². The van der Waals surface area contributed by atoms with E-state index in [4.69, 9.17) is 14.2 Å². The standard InChI is InChI=1S/C24H20O5/c1-27-19-13-14-20(24(26)18-9-4-3-5-10-18)22(16-19)29-23(25)15-12-17-8-6-7-11-21(17)28-2/h3-16H,1-2H3/b15-12+. The van der Waals surface area contributed by atoms with Crippen LogP contribution in [-0.2, 0) is 4.79 Å². The molecule has 0 aliphatic heterocycles. The number of rotatable bonds is 7. The summed E-state index contributed by atoms with van der Waals surface area (Å²) in [6, 6.07) is 20.8. The number of esters is 1. The predicted octanol–water partition coefficient (Wildman–Crippen LogP) is 4.55. The molecule has 0 N–H and O–H groups in total. The second kappa shape index (κ2) is 9.37. The summed E-state index contributed by atoms with van der Waals surface area (Å²) in [7, 11) is 3.06. The molecule has 5 heteroatoms. The highest BCUT2D eigenvalue weighted by molar-refractivity contribution is 6.11. The Morgan fingerprint density at radius 3 is 2.24 bits per heavy atom. The van der Waals surface area contributed by atoms with Gasteiger partial charge in [-0.25, -0.2) is 4.79 Å². The Labute approximate surface area is 169 Å². The summed E-state index contributed by atoms with van der Waals surface area (Å²) in [5.41, 5.74) is 1.51. The zero-order valence-corrected chi connectivity index (χ0v) is 16.1. The fraction of sp³-hybridized carbons (Fsp3) is 0.0833. The average molecular weight is 388 g/mol. The Bertz CT molecular complexity index is 1040. The third-order valence-electron chi connectivity index (χ3n) is 4.22. The fourth-order valence-corrected chi connectivity index (χ4v) is 2.75. The van der Waals surface area contributed by atoms with E-state index in [1.54, 1.807) is 55.7 Å². The topological polar surface area (TPSA) is 61.8 Å². The monoisotopic (exact) mass is 388 g/mol. The van der Waals surface area contributed by atoms with Crippen LogP contribution in [0.25, 0.3) is 6.08 Å². The van der Waals surface area contributed by atoms with Crippen molar-refractivity contribution in [2.75, 3.05) is 14.2 Å². The molecule has 0 atom stereocenters. The van der Waals surface area contributed by atoms with Gasteiger partial charge < -0.3 is 14.2 Å². The van der Waals surface area contributed by atoms with Crippen LogP contribution in [0.3, 0.4) is 0 Å². The highest BCUT2D eigenvalue weighted by Gasteiger charge is 2.17. The van der Waals surface area contributed by atoms with Crippen LogP contribution < -0.4 is 14.2 Å². The SMILES string of the molecule is COc1ccc(C(=O)c2ccccc2)c(OC(=O)/C=C/c2ccccc2OC)c1. The molecule has 3 aromatic carbocycles. The van der Waals surface area contributed by atoms with Crippen LogP contribution in [-0.4, -0.2) is 26.0 Å². The lowest BCUT2D eigenvalue weighted by Crippen LogP contribution is -2.10. The Morgan fingerprint density at radius 1 is 0.793 bits per heavy atom. The van der Waals surface area contributed by atoms with Crippen LogP contribution in [0.15, 0.2) is 78.9 Å². The third-order valence-corrected chi connectivity index (χ3v) is 4.22. The van der Waals surface area contributed by atoms with Crippen molar-refractivity contribution < 1.29 is 23.8 Å². The van der Waals surface area contributed by atoms with Gasteiger partial charge in [0.05, 0.1) is 19.8 Å². The number of hydrogen-bond acceptors (Lipinski definition) is 5. The van der Waals surface area contributed by atoms with Gasteiger partial charge in [0.25, 0.3) is 0 Å². The van der Waals surface area contributed by atoms with Gasteiger partial charge in [-0.15, -0.1) is 0 Å². The van der Waals surface area contributed by atoms with Gasteiger partial charge in [0.2, 0.25) is 0 Å². The van der Waals surface area contributed by atoms with Gasteiger partial charge in [0.1, 0.15) is 17.2 Å². The lowest BCUT2D eigenvalue weighted by Gasteiger charge is -2.10. The van der Waals surface area contributed by atoms with Gasteiger partial charge in [-0.2, -0.15) is 0 Å². The van der Waals surface area contributed by atoms with Crippen molar-refractivity contribution >= 4 is 17.8 Å². The van der Waals surface area contributed by atoms with Crippen molar-refractivity contribution in [3.05, 3.63) is 95.6 Å². The van der Waals surface area contributed by atoms with E-state index in [1.807, 2.05) is 24.3 Å². The number of hydrogen-bond donors (Lipinski definition) is 0. The molecule has 0 bridgehead atoms. The molecule has 0 fully saturated rings. The predicted molar refractivity (Wildman–Crippen MR) is 111 cm³/mol. The Morgan fingerprint density at radius 2 is 1.52 bits per heavy atom. The van der Waals surface area contributed by atoms with Crippen molar-refractivity contribution in [1.82, 2.24) is 0 Å². The van der Waals surface area contributed by atoms with Gasteiger partial charge in [0.15, 0.2) is 5.78 Å². The number of carbonyl (C=O) groups is 2. The van der Waals surface area contributed by atoms with Crippen LogP contribution in [0, 0.1) is 0 Å². The normalized spacial score (nSPS) is 10.6. The first-order chi connectivity index (χ1) is 14.1. The van der Waals surface area contributed by atoms with Gasteiger partial charge in [-0.1, -0.05) is 48.5 Å². The largest absolute Gasteiger partial charge is 0.497 e.